The summed E-state index contributed by atoms with van der Waals surface area (Å²) in [4.78, 5) is 23.0. The molecule has 0 unspecified atom stereocenters. The van der Waals surface area contributed by atoms with Gasteiger partial charge >= 0.3 is 12.0 Å². The number of urea groups is 1. The maximum absolute atomic E-state index is 12.0. The molecule has 26 heavy (non-hydrogen) atoms. The molecule has 0 bridgehead atoms. The summed E-state index contributed by atoms with van der Waals surface area (Å²) in [7, 11) is 1.39. The Morgan fingerprint density at radius 1 is 1.00 bits per heavy atom. The maximum Gasteiger partial charge on any atom is 0.319 e. The first-order valence-electron chi connectivity index (χ1n) is 9.00. The van der Waals surface area contributed by atoms with E-state index in [-0.39, 0.29) is 12.0 Å². The van der Waals surface area contributed by atoms with Gasteiger partial charge in [0.1, 0.15) is 0 Å². The minimum Gasteiger partial charge on any atom is -0.469 e. The summed E-state index contributed by atoms with van der Waals surface area (Å²) in [5.74, 6) is -0.186. The smallest absolute Gasteiger partial charge is 0.319 e. The van der Waals surface area contributed by atoms with Gasteiger partial charge in [-0.25, -0.2) is 4.79 Å². The molecule has 0 saturated carbocycles. The lowest BCUT2D eigenvalue weighted by Gasteiger charge is -2.09. The van der Waals surface area contributed by atoms with E-state index < -0.39 is 0 Å². The third kappa shape index (κ3) is 4.42. The lowest BCUT2D eigenvalue weighted by Crippen LogP contribution is -2.29. The maximum atomic E-state index is 12.0. The highest BCUT2D eigenvalue weighted by atomic mass is 16.5. The number of hydrogen-bond acceptors (Lipinski definition) is 3. The molecule has 2 aromatic carbocycles. The Kier molecular flexibility index (Phi) is 5.89. The molecule has 2 N–H and O–H groups in total. The lowest BCUT2D eigenvalue weighted by atomic mass is 10.1. The van der Waals surface area contributed by atoms with Gasteiger partial charge in [-0.2, -0.15) is 0 Å². The Labute approximate surface area is 153 Å². The topological polar surface area (TPSA) is 67.4 Å². The fourth-order valence-corrected chi connectivity index (χ4v) is 3.27. The van der Waals surface area contributed by atoms with Crippen molar-refractivity contribution in [2.45, 2.75) is 32.1 Å². The number of carbonyl (C=O) groups excluding carboxylic acids is 2. The molecule has 5 nitrogen and oxygen atoms in total. The van der Waals surface area contributed by atoms with Crippen LogP contribution in [0.5, 0.6) is 0 Å². The van der Waals surface area contributed by atoms with Crippen molar-refractivity contribution >= 4 is 17.7 Å². The third-order valence-corrected chi connectivity index (χ3v) is 4.62. The van der Waals surface area contributed by atoms with Crippen LogP contribution in [0.25, 0.3) is 11.1 Å². The van der Waals surface area contributed by atoms with Gasteiger partial charge in [0.05, 0.1) is 7.11 Å². The molecule has 1 aliphatic carbocycles. The van der Waals surface area contributed by atoms with Crippen molar-refractivity contribution < 1.29 is 14.3 Å². The average Bonchev–Trinajstić information content (AvgIpc) is 3.02. The SMILES string of the molecule is COC(=O)CCCCCNC(=O)Nc1ccc2c(c1)Cc1ccccc1-2. The number of carbonyl (C=O) groups is 2. The van der Waals surface area contributed by atoms with Crippen LogP contribution in [-0.4, -0.2) is 25.7 Å². The molecule has 136 valence electrons. The monoisotopic (exact) mass is 352 g/mol. The Bertz CT molecular complexity index is 802. The number of ether oxygens (including phenoxy) is 1. The highest BCUT2D eigenvalue weighted by Crippen LogP contribution is 2.37. The fourth-order valence-electron chi connectivity index (χ4n) is 3.27. The highest BCUT2D eigenvalue weighted by molar-refractivity contribution is 5.90. The van der Waals surface area contributed by atoms with Crippen LogP contribution < -0.4 is 10.6 Å². The molecule has 1 aliphatic rings. The minimum atomic E-state index is -0.201. The van der Waals surface area contributed by atoms with E-state index in [1.807, 2.05) is 12.1 Å². The quantitative estimate of drug-likeness (QED) is 0.497. The van der Waals surface area contributed by atoms with Gasteiger partial charge in [-0.15, -0.1) is 0 Å². The number of fused-ring (bicyclic) bond motifs is 3. The number of benzene rings is 2. The molecule has 0 aliphatic heterocycles. The van der Waals surface area contributed by atoms with Crippen LogP contribution >= 0.6 is 0 Å². The molecule has 0 fully saturated rings. The second kappa shape index (κ2) is 8.52. The van der Waals surface area contributed by atoms with Gasteiger partial charge in [-0.1, -0.05) is 36.8 Å². The van der Waals surface area contributed by atoms with Crippen LogP contribution in [0.2, 0.25) is 0 Å². The molecule has 0 spiro atoms. The third-order valence-electron chi connectivity index (χ3n) is 4.62. The number of hydrogen-bond donors (Lipinski definition) is 2. The van der Waals surface area contributed by atoms with Crippen molar-refractivity contribution in [1.82, 2.24) is 5.32 Å². The first kappa shape index (κ1) is 18.0. The summed E-state index contributed by atoms with van der Waals surface area (Å²) in [5.41, 5.74) is 5.91. The van der Waals surface area contributed by atoms with Crippen molar-refractivity contribution in [2.24, 2.45) is 0 Å². The second-order valence-electron chi connectivity index (χ2n) is 6.47. The predicted octanol–water partition coefficient (Wildman–Crippen LogP) is 4.11. The van der Waals surface area contributed by atoms with Gasteiger partial charge in [-0.3, -0.25) is 4.79 Å². The second-order valence-corrected chi connectivity index (χ2v) is 6.47. The van der Waals surface area contributed by atoms with Gasteiger partial charge in [0.15, 0.2) is 0 Å². The number of unbranched alkanes of at least 4 members (excludes halogenated alkanes) is 2. The molecule has 5 heteroatoms. The number of rotatable bonds is 7. The summed E-state index contributed by atoms with van der Waals surface area (Å²) in [6.45, 7) is 0.587. The Morgan fingerprint density at radius 2 is 1.81 bits per heavy atom. The van der Waals surface area contributed by atoms with Crippen LogP contribution in [-0.2, 0) is 16.0 Å². The summed E-state index contributed by atoms with van der Waals surface area (Å²) in [6, 6.07) is 14.3. The number of amides is 2. The molecular weight excluding hydrogens is 328 g/mol. The fraction of sp³-hybridized carbons (Fsp3) is 0.333. The van der Waals surface area contributed by atoms with Gasteiger partial charge in [-0.05, 0) is 53.6 Å². The standard InChI is InChI=1S/C21H24N2O3/c1-26-20(24)9-3-2-6-12-22-21(25)23-17-10-11-19-16(14-17)13-15-7-4-5-8-18(15)19/h4-5,7-8,10-11,14H,2-3,6,9,12-13H2,1H3,(H2,22,23,25). The lowest BCUT2D eigenvalue weighted by molar-refractivity contribution is -0.140. The molecule has 2 aromatic rings. The first-order chi connectivity index (χ1) is 12.7. The zero-order chi connectivity index (χ0) is 18.4. The van der Waals surface area contributed by atoms with E-state index in [2.05, 4.69) is 45.7 Å². The van der Waals surface area contributed by atoms with Crippen LogP contribution in [0.1, 0.15) is 36.8 Å². The minimum absolute atomic E-state index is 0.186. The van der Waals surface area contributed by atoms with Crippen LogP contribution in [0.3, 0.4) is 0 Å². The van der Waals surface area contributed by atoms with E-state index in [4.69, 9.17) is 0 Å². The van der Waals surface area contributed by atoms with Gasteiger partial charge in [0, 0.05) is 18.7 Å². The number of anilines is 1. The van der Waals surface area contributed by atoms with Gasteiger partial charge in [0.2, 0.25) is 0 Å². The Balaban J connectivity index is 1.43. The average molecular weight is 352 g/mol. The normalized spacial score (nSPS) is 11.4. The van der Waals surface area contributed by atoms with Crippen LogP contribution in [0, 0.1) is 0 Å². The molecule has 2 amide bonds. The van der Waals surface area contributed by atoms with Crippen molar-refractivity contribution in [3.05, 3.63) is 53.6 Å². The van der Waals surface area contributed by atoms with Crippen molar-refractivity contribution in [2.75, 3.05) is 19.0 Å². The van der Waals surface area contributed by atoms with E-state index in [9.17, 15) is 9.59 Å². The molecule has 3 rings (SSSR count). The molecular formula is C21H24N2O3. The first-order valence-corrected chi connectivity index (χ1v) is 9.00. The van der Waals surface area contributed by atoms with E-state index >= 15 is 0 Å². The predicted molar refractivity (Wildman–Crippen MR) is 102 cm³/mol. The van der Waals surface area contributed by atoms with E-state index in [1.54, 1.807) is 0 Å². The summed E-state index contributed by atoms with van der Waals surface area (Å²) < 4.78 is 4.59. The zero-order valence-electron chi connectivity index (χ0n) is 15.0. The summed E-state index contributed by atoms with van der Waals surface area (Å²) >= 11 is 0. The van der Waals surface area contributed by atoms with Crippen LogP contribution in [0.15, 0.2) is 42.5 Å². The molecule has 0 atom stereocenters. The summed E-state index contributed by atoms with van der Waals surface area (Å²) in [5, 5.41) is 5.74. The number of nitrogens with one attached hydrogen (secondary N) is 2. The highest BCUT2D eigenvalue weighted by Gasteiger charge is 2.18. The molecule has 0 aromatic heterocycles. The summed E-state index contributed by atoms with van der Waals surface area (Å²) in [6.07, 6.45) is 3.83. The molecule has 0 heterocycles. The van der Waals surface area contributed by atoms with Crippen LogP contribution in [0.4, 0.5) is 10.5 Å². The van der Waals surface area contributed by atoms with E-state index in [1.165, 1.54) is 29.4 Å². The number of esters is 1. The Hall–Kier alpha value is -2.82. The Morgan fingerprint density at radius 3 is 2.65 bits per heavy atom. The van der Waals surface area contributed by atoms with E-state index in [0.29, 0.717) is 13.0 Å². The van der Waals surface area contributed by atoms with Crippen molar-refractivity contribution in [1.29, 1.82) is 0 Å². The van der Waals surface area contributed by atoms with Gasteiger partial charge < -0.3 is 15.4 Å². The molecule has 0 saturated heterocycles. The number of methoxy groups -OCH3 is 1. The largest absolute Gasteiger partial charge is 0.469 e. The molecule has 0 radical (unpaired) electrons. The van der Waals surface area contributed by atoms with E-state index in [0.717, 1.165) is 31.4 Å². The van der Waals surface area contributed by atoms with Crippen molar-refractivity contribution in [3.63, 3.8) is 0 Å². The van der Waals surface area contributed by atoms with Gasteiger partial charge in [0.25, 0.3) is 0 Å². The van der Waals surface area contributed by atoms with Crippen molar-refractivity contribution in [3.8, 4) is 11.1 Å². The zero-order valence-corrected chi connectivity index (χ0v) is 15.0.